The van der Waals surface area contributed by atoms with Gasteiger partial charge in [-0.15, -0.1) is 0 Å². The summed E-state index contributed by atoms with van der Waals surface area (Å²) < 4.78 is 4.88. The van der Waals surface area contributed by atoms with Crippen LogP contribution in [0.1, 0.15) is 96.8 Å². The minimum absolute atomic E-state index is 0.0408. The number of carboxylic acids is 1. The lowest BCUT2D eigenvalue weighted by Crippen LogP contribution is -2.36. The van der Waals surface area contributed by atoms with E-state index in [0.717, 1.165) is 38.2 Å². The largest absolute Gasteiger partial charge is 0.478 e. The Kier molecular flexibility index (Phi) is 32.8. The maximum absolute atomic E-state index is 12.3. The van der Waals surface area contributed by atoms with Gasteiger partial charge in [0.1, 0.15) is 6.61 Å². The fraction of sp³-hybridized carbons (Fsp3) is 0.767. The lowest BCUT2D eigenvalue weighted by molar-refractivity contribution is -0.141. The number of unbranched alkanes of at least 4 members (excludes halogenated alkanes) is 11. The summed E-state index contributed by atoms with van der Waals surface area (Å²) in [7, 11) is 0. The second-order valence-corrected chi connectivity index (χ2v) is 9.47. The molecule has 0 aliphatic rings. The predicted octanol–water partition coefficient (Wildman–Crippen LogP) is 3.59. The van der Waals surface area contributed by atoms with Crippen LogP contribution in [0, 0.1) is 0 Å². The molecule has 0 unspecified atom stereocenters. The minimum Gasteiger partial charge on any atom is -0.478 e. The van der Waals surface area contributed by atoms with E-state index >= 15 is 0 Å². The van der Waals surface area contributed by atoms with E-state index in [1.807, 2.05) is 0 Å². The number of carbonyl (C=O) groups is 3. The molecule has 0 aliphatic heterocycles. The fourth-order valence-corrected chi connectivity index (χ4v) is 3.71. The third kappa shape index (κ3) is 31.9. The summed E-state index contributed by atoms with van der Waals surface area (Å²) in [5.74, 6) is -2.08. The van der Waals surface area contributed by atoms with Gasteiger partial charge in [-0.2, -0.15) is 0 Å². The zero-order valence-electron chi connectivity index (χ0n) is 24.7. The zero-order chi connectivity index (χ0) is 30.1. The Morgan fingerprint density at radius 1 is 0.725 bits per heavy atom. The van der Waals surface area contributed by atoms with Crippen LogP contribution in [-0.2, 0) is 19.1 Å². The van der Waals surface area contributed by atoms with Crippen molar-refractivity contribution in [2.45, 2.75) is 96.8 Å². The summed E-state index contributed by atoms with van der Waals surface area (Å²) in [5, 5.41) is 36.7. The number of rotatable bonds is 26. The average molecular weight is 573 g/mol. The van der Waals surface area contributed by atoms with Gasteiger partial charge >= 0.3 is 11.9 Å². The number of aliphatic carboxylic acids is 1. The molecule has 0 atom stereocenters. The van der Waals surface area contributed by atoms with E-state index in [0.29, 0.717) is 25.6 Å². The molecule has 0 fully saturated rings. The molecule has 0 radical (unpaired) electrons. The molecule has 0 bridgehead atoms. The van der Waals surface area contributed by atoms with Crippen LogP contribution in [0.15, 0.2) is 24.3 Å². The van der Waals surface area contributed by atoms with Crippen molar-refractivity contribution in [3.63, 3.8) is 0 Å². The van der Waals surface area contributed by atoms with Crippen molar-refractivity contribution in [3.05, 3.63) is 24.3 Å². The van der Waals surface area contributed by atoms with Gasteiger partial charge in [-0.3, -0.25) is 4.79 Å². The van der Waals surface area contributed by atoms with Crippen LogP contribution in [0.25, 0.3) is 0 Å². The molecule has 5 N–H and O–H groups in total. The molecule has 0 aromatic heterocycles. The first-order valence-corrected chi connectivity index (χ1v) is 15.0. The Bertz CT molecular complexity index is 652. The van der Waals surface area contributed by atoms with Crippen LogP contribution < -0.4 is 5.32 Å². The summed E-state index contributed by atoms with van der Waals surface area (Å²) in [6, 6.07) is 0. The fourth-order valence-electron chi connectivity index (χ4n) is 3.71. The second kappa shape index (κ2) is 32.9. The Morgan fingerprint density at radius 3 is 1.80 bits per heavy atom. The van der Waals surface area contributed by atoms with Crippen molar-refractivity contribution < 1.29 is 39.5 Å². The molecule has 10 nitrogen and oxygen atoms in total. The molecule has 0 saturated carbocycles. The maximum Gasteiger partial charge on any atom is 0.331 e. The zero-order valence-corrected chi connectivity index (χ0v) is 24.7. The highest BCUT2D eigenvalue weighted by atomic mass is 16.5. The smallest absolute Gasteiger partial charge is 0.331 e. The van der Waals surface area contributed by atoms with Crippen LogP contribution >= 0.6 is 0 Å². The maximum atomic E-state index is 12.3. The van der Waals surface area contributed by atoms with E-state index in [-0.39, 0.29) is 45.4 Å². The number of aliphatic hydroxyl groups excluding tert-OH is 3. The van der Waals surface area contributed by atoms with E-state index in [1.165, 1.54) is 56.3 Å². The molecule has 0 aromatic carbocycles. The molecule has 10 heteroatoms. The third-order valence-electron chi connectivity index (χ3n) is 5.92. The van der Waals surface area contributed by atoms with Crippen molar-refractivity contribution in [2.24, 2.45) is 0 Å². The van der Waals surface area contributed by atoms with Crippen LogP contribution in [-0.4, -0.2) is 95.8 Å². The summed E-state index contributed by atoms with van der Waals surface area (Å²) in [5.41, 5.74) is 0. The molecular formula is C30H56N2O8. The molecule has 1 amide bonds. The van der Waals surface area contributed by atoms with Gasteiger partial charge in [0, 0.05) is 38.2 Å². The van der Waals surface area contributed by atoms with E-state index in [1.54, 1.807) is 0 Å². The molecule has 0 saturated heterocycles. The Morgan fingerprint density at radius 2 is 1.27 bits per heavy atom. The molecule has 0 aliphatic carbocycles. The van der Waals surface area contributed by atoms with Crippen LogP contribution in [0.3, 0.4) is 0 Å². The molecular weight excluding hydrogens is 516 g/mol. The number of allylic oxidation sites excluding steroid dienone is 2. The van der Waals surface area contributed by atoms with Crippen molar-refractivity contribution in [1.29, 1.82) is 0 Å². The average Bonchev–Trinajstić information content (AvgIpc) is 2.94. The number of amides is 1. The molecule has 234 valence electrons. The quantitative estimate of drug-likeness (QED) is 0.0452. The van der Waals surface area contributed by atoms with Crippen molar-refractivity contribution >= 4 is 17.8 Å². The lowest BCUT2D eigenvalue weighted by Gasteiger charge is -2.21. The van der Waals surface area contributed by atoms with Gasteiger partial charge in [-0.1, -0.05) is 70.4 Å². The SMILES string of the molecule is CCCCCCCC/C=C/CCCCCCCC(=O)N(CCO)CCOC(=O)/C=C\C(=O)O.OCCNCCO. The van der Waals surface area contributed by atoms with Crippen molar-refractivity contribution in [2.75, 3.05) is 52.6 Å². The highest BCUT2D eigenvalue weighted by Crippen LogP contribution is 2.10. The number of hydrogen-bond donors (Lipinski definition) is 5. The summed E-state index contributed by atoms with van der Waals surface area (Å²) in [6.45, 7) is 3.82. The number of hydrogen-bond acceptors (Lipinski definition) is 8. The van der Waals surface area contributed by atoms with Gasteiger partial charge in [0.2, 0.25) is 5.91 Å². The van der Waals surface area contributed by atoms with Crippen molar-refractivity contribution in [1.82, 2.24) is 10.2 Å². The first-order chi connectivity index (χ1) is 19.4. The molecule has 0 aromatic rings. The van der Waals surface area contributed by atoms with E-state index in [4.69, 9.17) is 25.2 Å². The van der Waals surface area contributed by atoms with Gasteiger partial charge in [0.25, 0.3) is 0 Å². The number of ether oxygens (including phenoxy) is 1. The van der Waals surface area contributed by atoms with Gasteiger partial charge in [0.05, 0.1) is 26.4 Å². The van der Waals surface area contributed by atoms with E-state index in [9.17, 15) is 14.4 Å². The highest BCUT2D eigenvalue weighted by molar-refractivity contribution is 5.90. The second-order valence-electron chi connectivity index (χ2n) is 9.47. The van der Waals surface area contributed by atoms with E-state index < -0.39 is 11.9 Å². The monoisotopic (exact) mass is 572 g/mol. The topological polar surface area (TPSA) is 157 Å². The Labute approximate surface area is 241 Å². The van der Waals surface area contributed by atoms with Crippen molar-refractivity contribution in [3.8, 4) is 0 Å². The van der Waals surface area contributed by atoms with Gasteiger partial charge in [0.15, 0.2) is 0 Å². The first kappa shape index (κ1) is 39.9. The molecule has 40 heavy (non-hydrogen) atoms. The molecule has 0 rings (SSSR count). The Hall–Kier alpha value is -2.27. The third-order valence-corrected chi connectivity index (χ3v) is 5.92. The summed E-state index contributed by atoms with van der Waals surface area (Å²) >= 11 is 0. The standard InChI is InChI=1S/C26H45NO6.C4H11NO2/c1-2-3-4-5-6-7-8-9-10-11-12-13-14-15-16-17-24(29)27(20-22-28)21-23-33-26(32)19-18-25(30)31;6-3-1-5-2-4-7/h9-10,18-19,28H,2-8,11-17,20-23H2,1H3,(H,30,31);5-7H,1-4H2/b10-9+,19-18-;. The predicted molar refractivity (Wildman–Crippen MR) is 158 cm³/mol. The normalized spacial score (nSPS) is 11.0. The Balaban J connectivity index is 0. The molecule has 0 heterocycles. The number of nitrogens with one attached hydrogen (secondary N) is 1. The minimum atomic E-state index is -1.23. The van der Waals surface area contributed by atoms with Gasteiger partial charge in [-0.25, -0.2) is 9.59 Å². The van der Waals surface area contributed by atoms with E-state index in [2.05, 4.69) is 24.4 Å². The molecule has 0 spiro atoms. The number of carbonyl (C=O) groups excluding carboxylic acids is 2. The van der Waals surface area contributed by atoms with Crippen LogP contribution in [0.2, 0.25) is 0 Å². The number of esters is 1. The number of carboxylic acid groups (broad SMARTS) is 1. The van der Waals surface area contributed by atoms with Crippen LogP contribution in [0.4, 0.5) is 0 Å². The van der Waals surface area contributed by atoms with Gasteiger partial charge in [-0.05, 0) is 32.1 Å². The first-order valence-electron chi connectivity index (χ1n) is 15.0. The summed E-state index contributed by atoms with van der Waals surface area (Å²) in [6.07, 6.45) is 22.1. The van der Waals surface area contributed by atoms with Crippen LogP contribution in [0.5, 0.6) is 0 Å². The van der Waals surface area contributed by atoms with Gasteiger partial charge < -0.3 is 35.4 Å². The highest BCUT2D eigenvalue weighted by Gasteiger charge is 2.13. The number of aliphatic hydroxyl groups is 3. The summed E-state index contributed by atoms with van der Waals surface area (Å²) in [4.78, 5) is 35.5. The number of nitrogens with zero attached hydrogens (tertiary/aromatic N) is 1. The lowest BCUT2D eigenvalue weighted by atomic mass is 10.1.